The summed E-state index contributed by atoms with van der Waals surface area (Å²) < 4.78 is 43.8. The maximum atomic E-state index is 6.59. The first-order valence-corrected chi connectivity index (χ1v) is 51.1. The summed E-state index contributed by atoms with van der Waals surface area (Å²) in [5.41, 5.74) is 5.42. The predicted molar refractivity (Wildman–Crippen MR) is 503 cm³/mol. The van der Waals surface area contributed by atoms with Gasteiger partial charge in [0.2, 0.25) is 0 Å². The quantitative estimate of drug-likeness (QED) is 0.0437. The van der Waals surface area contributed by atoms with Crippen LogP contribution < -0.4 is 0 Å². The average Bonchev–Trinajstić information content (AvgIpc) is 1.67. The number of fused-ring (bicyclic) bond motifs is 10. The molecule has 0 N–H and O–H groups in total. The topological polar surface area (TPSA) is 71.1 Å². The molecule has 0 aromatic carbocycles. The highest BCUT2D eigenvalue weighted by atomic mass is 16.6. The molecule has 9 heteroatoms. The van der Waals surface area contributed by atoms with Crippen LogP contribution in [0.15, 0.2) is 71.9 Å². The lowest BCUT2D eigenvalue weighted by Gasteiger charge is -2.58. The second kappa shape index (κ2) is 57.6. The fourth-order valence-corrected chi connectivity index (χ4v) is 24.9. The van der Waals surface area contributed by atoms with Crippen molar-refractivity contribution in [1.82, 2.24) is 9.80 Å². The monoisotopic (exact) mass is 1630 g/mol. The summed E-state index contributed by atoms with van der Waals surface area (Å²) in [6, 6.07) is 0. The molecule has 0 aliphatic heterocycles. The van der Waals surface area contributed by atoms with Crippen LogP contribution in [0.5, 0.6) is 0 Å². The van der Waals surface area contributed by atoms with Crippen LogP contribution >= 0.6 is 0 Å². The molecule has 8 aliphatic rings. The van der Waals surface area contributed by atoms with E-state index in [0.29, 0.717) is 73.5 Å². The number of likely N-dealkylation sites (N-methyl/N-ethyl adjacent to an activating group) is 2. The van der Waals surface area contributed by atoms with Gasteiger partial charge in [0.25, 0.3) is 0 Å². The fourth-order valence-electron chi connectivity index (χ4n) is 24.9. The van der Waals surface area contributed by atoms with Gasteiger partial charge in [-0.25, -0.2) is 0 Å². The lowest BCUT2D eigenvalue weighted by atomic mass is 9.47. The van der Waals surface area contributed by atoms with Crippen molar-refractivity contribution in [2.45, 2.75) is 416 Å². The third-order valence-electron chi connectivity index (χ3n) is 31.7. The minimum Gasteiger partial charge on any atom is -0.379 e. The van der Waals surface area contributed by atoms with Crippen molar-refractivity contribution in [1.29, 1.82) is 0 Å². The first-order chi connectivity index (χ1) is 56.7. The standard InChI is InChI=1S/C54H97NO4.C54H97NO3/c1-9-10-11-12-13-14-15-16-17-18-19-20-21-22-23-24-36-57-43-48(42-55(7)8)59-40-38-56-37-39-58-47-32-34-53(5)46(41-47)28-29-49-51-31-30-50(45(4)27-25-26-44(2)3)54(51,6)35-33-52(49)53;1-9-10-11-12-13-14-15-16-17-18-19-20-21-22-23-24-38-56-43-48(42-55(7)8)58-40-26-25-39-57-47-34-36-53(5)46(41-47)30-31-49-51-33-32-50(45(4)29-27-28-44(2)3)54(51,6)37-35-52(49)53/h13-14,16-17,28,44-45,47-52H,9-12,15,18-27,29-43H2,1-8H3;13-14,16-17,30,44-45,47-52H,9-12,15,18-29,31-43H2,1-8H3/b2*14-13-,17-16-/t45?,47-,48?,49-,50+,51-,52-,53-,54+;45-,47+,48?,49?,50-,51?,52?,53+,54-/m01/s1. The molecule has 0 aromatic heterocycles. The van der Waals surface area contributed by atoms with Gasteiger partial charge in [0.15, 0.2) is 0 Å². The smallest absolute Gasteiger partial charge is 0.0935 e. The van der Waals surface area contributed by atoms with Gasteiger partial charge in [-0.05, 0) is 313 Å². The first-order valence-electron chi connectivity index (χ1n) is 51.1. The highest BCUT2D eigenvalue weighted by Crippen LogP contribution is 2.69. The van der Waals surface area contributed by atoms with Crippen LogP contribution in [0.3, 0.4) is 0 Å². The molecule has 6 saturated carbocycles. The molecule has 6 unspecified atom stereocenters. The molecule has 9 nitrogen and oxygen atoms in total. The van der Waals surface area contributed by atoms with Gasteiger partial charge in [-0.1, -0.05) is 271 Å². The van der Waals surface area contributed by atoms with E-state index in [9.17, 15) is 0 Å². The molecule has 0 bridgehead atoms. The zero-order valence-electron chi connectivity index (χ0n) is 80.2. The fraction of sp³-hybridized carbons (Fsp3) is 0.889. The van der Waals surface area contributed by atoms with Gasteiger partial charge in [0, 0.05) is 39.5 Å². The van der Waals surface area contributed by atoms with Crippen molar-refractivity contribution < 1.29 is 33.2 Å². The van der Waals surface area contributed by atoms with Gasteiger partial charge in [-0.15, -0.1) is 0 Å². The lowest BCUT2D eigenvalue weighted by Crippen LogP contribution is -2.51. The maximum Gasteiger partial charge on any atom is 0.0935 e. The van der Waals surface area contributed by atoms with Crippen molar-refractivity contribution in [3.05, 3.63) is 71.9 Å². The maximum absolute atomic E-state index is 6.59. The summed E-state index contributed by atoms with van der Waals surface area (Å²) in [4.78, 5) is 4.41. The first kappa shape index (κ1) is 102. The second-order valence-electron chi connectivity index (χ2n) is 42.2. The Morgan fingerprint density at radius 1 is 0.368 bits per heavy atom. The van der Waals surface area contributed by atoms with Crippen molar-refractivity contribution in [2.24, 2.45) is 92.7 Å². The third kappa shape index (κ3) is 35.4. The summed E-state index contributed by atoms with van der Waals surface area (Å²) in [5.74, 6) is 10.8. The normalized spacial score (nSPS) is 29.5. The summed E-state index contributed by atoms with van der Waals surface area (Å²) in [6.45, 7) is 39.0. The Morgan fingerprint density at radius 2 is 0.752 bits per heavy atom. The molecule has 678 valence electrons. The van der Waals surface area contributed by atoms with Crippen molar-refractivity contribution in [3.8, 4) is 0 Å². The van der Waals surface area contributed by atoms with E-state index in [2.05, 4.69) is 182 Å². The van der Waals surface area contributed by atoms with Gasteiger partial charge in [-0.2, -0.15) is 0 Å². The van der Waals surface area contributed by atoms with E-state index >= 15 is 0 Å². The molecule has 0 amide bonds. The van der Waals surface area contributed by atoms with Crippen LogP contribution in [0, 0.1) is 92.7 Å². The number of allylic oxidation sites excluding steroid dienone is 10. The SMILES string of the molecule is CCCCC/C=C\C/C=C\CCCCCCCCOCC(CN(C)C)OCCCCO[C@H]1CC[C@@]2(C)C(=CCC3C2CC[C@@]2(C)C3CC[C@@H]2[C@H](C)CCCC(C)C)C1.CCCCC/C=C\C/C=C\CCCCCCCCOCC(CN(C)C)OCCOCCO[C@H]1CC[C@@]2(C)C(=CC[C@H]3[C@@H]4CC[C@H](C(C)CCCC(C)C)[C@@]4(C)CC[C@@H]32)C1. The van der Waals surface area contributed by atoms with Crippen molar-refractivity contribution >= 4 is 0 Å². The van der Waals surface area contributed by atoms with Gasteiger partial charge in [0.1, 0.15) is 0 Å². The average molecular weight is 1630 g/mol. The Hall–Kier alpha value is -1.92. The molecule has 0 aromatic rings. The van der Waals surface area contributed by atoms with E-state index < -0.39 is 0 Å². The van der Waals surface area contributed by atoms with Crippen LogP contribution in [-0.2, 0) is 33.2 Å². The van der Waals surface area contributed by atoms with Gasteiger partial charge in [0.05, 0.1) is 64.1 Å². The van der Waals surface area contributed by atoms with Crippen LogP contribution in [0.2, 0.25) is 0 Å². The zero-order valence-corrected chi connectivity index (χ0v) is 80.2. The van der Waals surface area contributed by atoms with Crippen molar-refractivity contribution in [2.75, 3.05) is 107 Å². The largest absolute Gasteiger partial charge is 0.379 e. The summed E-state index contributed by atoms with van der Waals surface area (Å²) in [5, 5.41) is 0. The minimum atomic E-state index is 0.0745. The van der Waals surface area contributed by atoms with Gasteiger partial charge < -0.3 is 43.0 Å². The molecule has 18 atom stereocenters. The Balaban J connectivity index is 0.000000323. The van der Waals surface area contributed by atoms with Crippen LogP contribution in [-0.4, -0.2) is 142 Å². The van der Waals surface area contributed by atoms with Gasteiger partial charge in [-0.3, -0.25) is 0 Å². The lowest BCUT2D eigenvalue weighted by molar-refractivity contribution is -0.0727. The van der Waals surface area contributed by atoms with Crippen LogP contribution in [0.25, 0.3) is 0 Å². The van der Waals surface area contributed by atoms with E-state index in [1.807, 2.05) is 0 Å². The van der Waals surface area contributed by atoms with Crippen LogP contribution in [0.1, 0.15) is 391 Å². The van der Waals surface area contributed by atoms with E-state index in [-0.39, 0.29) is 12.2 Å². The minimum absolute atomic E-state index is 0.0745. The molecule has 0 saturated heterocycles. The molecule has 117 heavy (non-hydrogen) atoms. The number of rotatable bonds is 63. The number of unbranched alkanes of at least 4 members (excludes halogenated alkanes) is 19. The van der Waals surface area contributed by atoms with E-state index in [1.54, 1.807) is 11.1 Å². The highest BCUT2D eigenvalue weighted by Gasteiger charge is 2.61. The number of nitrogens with zero attached hydrogens (tertiary/aromatic N) is 2. The zero-order chi connectivity index (χ0) is 84.0. The Kier molecular flexibility index (Phi) is 50.3. The molecule has 6 fully saturated rings. The Labute approximate surface area is 726 Å². The second-order valence-corrected chi connectivity index (χ2v) is 42.2. The van der Waals surface area contributed by atoms with E-state index in [0.717, 1.165) is 155 Å². The molecular formula is C108H194N2O7. The number of ether oxygens (including phenoxy) is 7. The highest BCUT2D eigenvalue weighted by molar-refractivity contribution is 5.27. The number of hydrogen-bond acceptors (Lipinski definition) is 9. The third-order valence-corrected chi connectivity index (χ3v) is 31.7. The Morgan fingerprint density at radius 3 is 1.18 bits per heavy atom. The van der Waals surface area contributed by atoms with Crippen LogP contribution in [0.4, 0.5) is 0 Å². The molecule has 0 radical (unpaired) electrons. The predicted octanol–water partition coefficient (Wildman–Crippen LogP) is 29.2. The Bertz CT molecular complexity index is 2730. The number of hydrogen-bond donors (Lipinski definition) is 0. The molecule has 8 aliphatic carbocycles. The molecule has 8 rings (SSSR count). The molecule has 0 spiro atoms. The van der Waals surface area contributed by atoms with E-state index in [4.69, 9.17) is 33.2 Å². The summed E-state index contributed by atoms with van der Waals surface area (Å²) in [7, 11) is 8.48. The van der Waals surface area contributed by atoms with Crippen molar-refractivity contribution in [3.63, 3.8) is 0 Å². The van der Waals surface area contributed by atoms with E-state index in [1.165, 1.54) is 263 Å². The summed E-state index contributed by atoms with van der Waals surface area (Å²) >= 11 is 0. The summed E-state index contributed by atoms with van der Waals surface area (Å²) in [6.07, 6.45) is 88.2. The molecular weight excluding hydrogens is 1440 g/mol. The molecule has 0 heterocycles. The van der Waals surface area contributed by atoms with Gasteiger partial charge >= 0.3 is 0 Å².